The highest BCUT2D eigenvalue weighted by Gasteiger charge is 2.38. The van der Waals surface area contributed by atoms with Crippen LogP contribution in [-0.2, 0) is 4.79 Å². The van der Waals surface area contributed by atoms with Crippen molar-refractivity contribution in [2.45, 2.75) is 32.4 Å². The molecule has 4 nitrogen and oxygen atoms in total. The van der Waals surface area contributed by atoms with Crippen LogP contribution in [0.1, 0.15) is 20.3 Å². The topological polar surface area (TPSA) is 26.8 Å². The van der Waals surface area contributed by atoms with Gasteiger partial charge in [-0.25, -0.2) is 0 Å². The summed E-state index contributed by atoms with van der Waals surface area (Å²) in [6.07, 6.45) is 0.961. The fourth-order valence-corrected chi connectivity index (χ4v) is 3.78. The van der Waals surface area contributed by atoms with Gasteiger partial charge in [0.1, 0.15) is 0 Å². The zero-order chi connectivity index (χ0) is 15.7. The van der Waals surface area contributed by atoms with Gasteiger partial charge >= 0.3 is 0 Å². The molecular formula is C17H24ClN3O. The molecule has 3 rings (SSSR count). The van der Waals surface area contributed by atoms with Crippen molar-refractivity contribution in [3.05, 3.63) is 29.3 Å². The average molecular weight is 322 g/mol. The van der Waals surface area contributed by atoms with Crippen molar-refractivity contribution < 1.29 is 4.79 Å². The maximum absolute atomic E-state index is 12.5. The minimum atomic E-state index is 0.0794. The number of anilines is 1. The molecule has 2 saturated heterocycles. The summed E-state index contributed by atoms with van der Waals surface area (Å²) in [6.45, 7) is 8.78. The van der Waals surface area contributed by atoms with Crippen LogP contribution >= 0.6 is 11.6 Å². The summed E-state index contributed by atoms with van der Waals surface area (Å²) in [5.41, 5.74) is 1.10. The lowest BCUT2D eigenvalue weighted by atomic mass is 10.1. The fraction of sp³-hybridized carbons (Fsp3) is 0.588. The van der Waals surface area contributed by atoms with E-state index in [0.29, 0.717) is 11.9 Å². The van der Waals surface area contributed by atoms with E-state index in [0.717, 1.165) is 49.9 Å². The fourth-order valence-electron chi connectivity index (χ4n) is 3.52. The molecule has 120 valence electrons. The van der Waals surface area contributed by atoms with Crippen LogP contribution in [-0.4, -0.2) is 60.5 Å². The van der Waals surface area contributed by atoms with E-state index < -0.39 is 0 Å². The van der Waals surface area contributed by atoms with E-state index in [2.05, 4.69) is 29.7 Å². The number of hydrogen-bond donors (Lipinski definition) is 0. The Bertz CT molecular complexity index is 540. The van der Waals surface area contributed by atoms with Gasteiger partial charge in [0.15, 0.2) is 0 Å². The Morgan fingerprint density at radius 1 is 1.09 bits per heavy atom. The number of piperazine rings is 1. The Hall–Kier alpha value is -1.26. The summed E-state index contributed by atoms with van der Waals surface area (Å²) in [6, 6.07) is 8.37. The number of benzene rings is 1. The standard InChI is InChI=1S/C17H24ClN3O/c1-13(2)21-8-7-16(17(21)22)20-11-9-19(10-12-20)15-6-4-3-5-14(15)18/h3-6,13,16H,7-12H2,1-2H3. The molecule has 0 N–H and O–H groups in total. The van der Waals surface area contributed by atoms with Crippen LogP contribution in [0.4, 0.5) is 5.69 Å². The van der Waals surface area contributed by atoms with Crippen molar-refractivity contribution in [1.82, 2.24) is 9.80 Å². The minimum absolute atomic E-state index is 0.0794. The normalized spacial score (nSPS) is 23.6. The molecule has 1 amide bonds. The third kappa shape index (κ3) is 2.95. The molecule has 2 aliphatic heterocycles. The molecule has 5 heteroatoms. The summed E-state index contributed by atoms with van der Waals surface area (Å²) in [4.78, 5) is 19.2. The van der Waals surface area contributed by atoms with Gasteiger partial charge in [0.2, 0.25) is 5.91 Å². The number of amides is 1. The first-order valence-corrected chi connectivity index (χ1v) is 8.49. The second-order valence-electron chi connectivity index (χ2n) is 6.40. The Balaban J connectivity index is 1.61. The van der Waals surface area contributed by atoms with Gasteiger partial charge in [-0.05, 0) is 32.4 Å². The molecule has 1 unspecified atom stereocenters. The van der Waals surface area contributed by atoms with Gasteiger partial charge in [0.05, 0.1) is 16.8 Å². The maximum Gasteiger partial charge on any atom is 0.240 e. The predicted molar refractivity (Wildman–Crippen MR) is 90.5 cm³/mol. The van der Waals surface area contributed by atoms with Crippen LogP contribution in [0.15, 0.2) is 24.3 Å². The second-order valence-corrected chi connectivity index (χ2v) is 6.81. The van der Waals surface area contributed by atoms with Crippen LogP contribution in [0.3, 0.4) is 0 Å². The summed E-state index contributed by atoms with van der Waals surface area (Å²) >= 11 is 6.28. The van der Waals surface area contributed by atoms with Crippen LogP contribution in [0, 0.1) is 0 Å². The van der Waals surface area contributed by atoms with E-state index >= 15 is 0 Å². The molecule has 22 heavy (non-hydrogen) atoms. The van der Waals surface area contributed by atoms with Gasteiger partial charge in [0, 0.05) is 38.8 Å². The van der Waals surface area contributed by atoms with Crippen molar-refractivity contribution in [2.75, 3.05) is 37.6 Å². The van der Waals surface area contributed by atoms with E-state index in [9.17, 15) is 4.79 Å². The molecular weight excluding hydrogens is 298 g/mol. The summed E-state index contributed by atoms with van der Waals surface area (Å²) in [5, 5.41) is 0.805. The Kier molecular flexibility index (Phi) is 4.59. The smallest absolute Gasteiger partial charge is 0.240 e. The number of nitrogens with zero attached hydrogens (tertiary/aromatic N) is 3. The molecule has 0 spiro atoms. The van der Waals surface area contributed by atoms with Gasteiger partial charge in [-0.15, -0.1) is 0 Å². The van der Waals surface area contributed by atoms with Gasteiger partial charge in [-0.1, -0.05) is 23.7 Å². The average Bonchev–Trinajstić information content (AvgIpc) is 2.90. The summed E-state index contributed by atoms with van der Waals surface area (Å²) in [5.74, 6) is 0.307. The molecule has 0 aliphatic carbocycles. The van der Waals surface area contributed by atoms with E-state index in [1.807, 2.05) is 23.1 Å². The number of halogens is 1. The SMILES string of the molecule is CC(C)N1CCC(N2CCN(c3ccccc3Cl)CC2)C1=O. The molecule has 1 aromatic carbocycles. The number of carbonyl (C=O) groups is 1. The quantitative estimate of drug-likeness (QED) is 0.855. The van der Waals surface area contributed by atoms with E-state index in [1.54, 1.807) is 0 Å². The molecule has 0 saturated carbocycles. The number of likely N-dealkylation sites (tertiary alicyclic amines) is 1. The highest BCUT2D eigenvalue weighted by atomic mass is 35.5. The lowest BCUT2D eigenvalue weighted by Crippen LogP contribution is -2.53. The van der Waals surface area contributed by atoms with Crippen LogP contribution in [0.25, 0.3) is 0 Å². The van der Waals surface area contributed by atoms with E-state index in [-0.39, 0.29) is 6.04 Å². The number of carbonyl (C=O) groups excluding carboxylic acids is 1. The molecule has 1 atom stereocenters. The van der Waals surface area contributed by atoms with Gasteiger partial charge < -0.3 is 9.80 Å². The molecule has 2 aliphatic rings. The predicted octanol–water partition coefficient (Wildman–Crippen LogP) is 2.47. The molecule has 0 bridgehead atoms. The first-order valence-electron chi connectivity index (χ1n) is 8.12. The third-order valence-electron chi connectivity index (χ3n) is 4.78. The van der Waals surface area contributed by atoms with Crippen LogP contribution < -0.4 is 4.90 Å². The first-order chi connectivity index (χ1) is 10.6. The molecule has 0 radical (unpaired) electrons. The third-order valence-corrected chi connectivity index (χ3v) is 5.10. The van der Waals surface area contributed by atoms with Crippen molar-refractivity contribution in [2.24, 2.45) is 0 Å². The zero-order valence-corrected chi connectivity index (χ0v) is 14.1. The van der Waals surface area contributed by atoms with Crippen LogP contribution in [0.2, 0.25) is 5.02 Å². The largest absolute Gasteiger partial charge is 0.368 e. The zero-order valence-electron chi connectivity index (χ0n) is 13.3. The molecule has 2 fully saturated rings. The highest BCUT2D eigenvalue weighted by Crippen LogP contribution is 2.27. The molecule has 0 aromatic heterocycles. The van der Waals surface area contributed by atoms with E-state index in [4.69, 9.17) is 11.6 Å². The minimum Gasteiger partial charge on any atom is -0.368 e. The number of rotatable bonds is 3. The van der Waals surface area contributed by atoms with Crippen molar-refractivity contribution >= 4 is 23.2 Å². The Morgan fingerprint density at radius 2 is 1.77 bits per heavy atom. The lowest BCUT2D eigenvalue weighted by molar-refractivity contribution is -0.133. The molecule has 2 heterocycles. The first kappa shape index (κ1) is 15.6. The second kappa shape index (κ2) is 6.47. The van der Waals surface area contributed by atoms with Crippen molar-refractivity contribution in [1.29, 1.82) is 0 Å². The molecule has 1 aromatic rings. The van der Waals surface area contributed by atoms with Crippen molar-refractivity contribution in [3.8, 4) is 0 Å². The highest BCUT2D eigenvalue weighted by molar-refractivity contribution is 6.33. The van der Waals surface area contributed by atoms with Gasteiger partial charge in [-0.3, -0.25) is 9.69 Å². The number of para-hydroxylation sites is 1. The van der Waals surface area contributed by atoms with Crippen LogP contribution in [0.5, 0.6) is 0 Å². The van der Waals surface area contributed by atoms with Crippen molar-refractivity contribution in [3.63, 3.8) is 0 Å². The lowest BCUT2D eigenvalue weighted by Gasteiger charge is -2.38. The summed E-state index contributed by atoms with van der Waals surface area (Å²) in [7, 11) is 0. The van der Waals surface area contributed by atoms with Gasteiger partial charge in [-0.2, -0.15) is 0 Å². The Morgan fingerprint density at radius 3 is 2.36 bits per heavy atom. The van der Waals surface area contributed by atoms with E-state index in [1.165, 1.54) is 0 Å². The van der Waals surface area contributed by atoms with Gasteiger partial charge in [0.25, 0.3) is 0 Å². The maximum atomic E-state index is 12.5. The monoisotopic (exact) mass is 321 g/mol. The number of hydrogen-bond acceptors (Lipinski definition) is 3. The summed E-state index contributed by atoms with van der Waals surface area (Å²) < 4.78 is 0. The Labute approximate surface area is 137 Å².